The molecule has 0 aliphatic heterocycles. The number of aromatic hydroxyl groups is 1. The molecule has 0 aliphatic rings. The van der Waals surface area contributed by atoms with E-state index in [9.17, 15) is 9.90 Å². The molecule has 27 heavy (non-hydrogen) atoms. The number of benzene rings is 2. The number of aryl methyl sites for hydroxylation is 1. The molecule has 142 valence electrons. The van der Waals surface area contributed by atoms with Gasteiger partial charge >= 0.3 is 0 Å². The molecule has 2 N–H and O–H groups in total. The van der Waals surface area contributed by atoms with E-state index in [1.165, 1.54) is 0 Å². The van der Waals surface area contributed by atoms with Gasteiger partial charge in [-0.2, -0.15) is 0 Å². The summed E-state index contributed by atoms with van der Waals surface area (Å²) < 4.78 is 0. The van der Waals surface area contributed by atoms with Crippen LogP contribution in [-0.2, 0) is 4.79 Å². The first-order valence-electron chi connectivity index (χ1n) is 9.19. The van der Waals surface area contributed by atoms with Gasteiger partial charge in [0, 0.05) is 36.3 Å². The molecule has 2 aromatic carbocycles. The van der Waals surface area contributed by atoms with Crippen molar-refractivity contribution < 1.29 is 9.90 Å². The van der Waals surface area contributed by atoms with Gasteiger partial charge in [-0.15, -0.1) is 0 Å². The monoisotopic (exact) mass is 365 g/mol. The molecule has 0 fully saturated rings. The quantitative estimate of drug-likeness (QED) is 0.511. The summed E-state index contributed by atoms with van der Waals surface area (Å²) in [6.45, 7) is 5.23. The van der Waals surface area contributed by atoms with Gasteiger partial charge < -0.3 is 10.4 Å². The lowest BCUT2D eigenvalue weighted by Gasteiger charge is -2.07. The second kappa shape index (κ2) is 10.9. The van der Waals surface area contributed by atoms with Crippen LogP contribution in [0.15, 0.2) is 58.5 Å². The van der Waals surface area contributed by atoms with E-state index in [-0.39, 0.29) is 11.7 Å². The molecule has 0 heterocycles. The number of amides is 1. The Balaban J connectivity index is 1.65. The zero-order valence-electron chi connectivity index (χ0n) is 16.0. The molecule has 1 amide bonds. The van der Waals surface area contributed by atoms with Crippen LogP contribution in [0.4, 0.5) is 5.69 Å². The van der Waals surface area contributed by atoms with Crippen molar-refractivity contribution in [2.24, 2.45) is 9.98 Å². The summed E-state index contributed by atoms with van der Waals surface area (Å²) in [5.74, 6) is 0.197. The van der Waals surface area contributed by atoms with Gasteiger partial charge in [0.1, 0.15) is 5.75 Å². The largest absolute Gasteiger partial charge is 0.507 e. The number of aliphatic imine (C=N–C) groups is 2. The molecule has 0 bridgehead atoms. The van der Waals surface area contributed by atoms with E-state index in [1.807, 2.05) is 50.2 Å². The number of anilines is 1. The fraction of sp³-hybridized carbons (Fsp3) is 0.318. The number of carbonyl (C=O) groups is 1. The zero-order valence-corrected chi connectivity index (χ0v) is 16.0. The fourth-order valence-electron chi connectivity index (χ4n) is 2.54. The minimum atomic E-state index is -0.0437. The van der Waals surface area contributed by atoms with Crippen molar-refractivity contribution in [1.29, 1.82) is 0 Å². The van der Waals surface area contributed by atoms with Crippen molar-refractivity contribution in [1.82, 2.24) is 0 Å². The SMILES string of the molecule is CC(CC(=O)Nc1ccccc1C)=NCCCCN=Cc1ccccc1O. The minimum absolute atomic E-state index is 0.0437. The number of unbranched alkanes of at least 4 members (excludes halogenated alkanes) is 1. The van der Waals surface area contributed by atoms with Gasteiger partial charge in [-0.05, 0) is 50.5 Å². The van der Waals surface area contributed by atoms with E-state index >= 15 is 0 Å². The van der Waals surface area contributed by atoms with Gasteiger partial charge in [0.25, 0.3) is 0 Å². The highest BCUT2D eigenvalue weighted by atomic mass is 16.3. The van der Waals surface area contributed by atoms with E-state index in [0.717, 1.165) is 35.4 Å². The number of nitrogens with one attached hydrogen (secondary N) is 1. The van der Waals surface area contributed by atoms with Gasteiger partial charge in [-0.25, -0.2) is 0 Å². The molecular formula is C22H27N3O2. The van der Waals surface area contributed by atoms with E-state index < -0.39 is 0 Å². The second-order valence-corrected chi connectivity index (χ2v) is 6.46. The van der Waals surface area contributed by atoms with Crippen LogP contribution in [0.5, 0.6) is 5.75 Å². The smallest absolute Gasteiger partial charge is 0.230 e. The fourth-order valence-corrected chi connectivity index (χ4v) is 2.54. The van der Waals surface area contributed by atoms with Crippen LogP contribution in [0.25, 0.3) is 0 Å². The van der Waals surface area contributed by atoms with Crippen molar-refractivity contribution in [3.05, 3.63) is 59.7 Å². The molecule has 0 unspecified atom stereocenters. The molecule has 0 saturated heterocycles. The van der Waals surface area contributed by atoms with Crippen LogP contribution in [0, 0.1) is 6.92 Å². The summed E-state index contributed by atoms with van der Waals surface area (Å²) >= 11 is 0. The summed E-state index contributed by atoms with van der Waals surface area (Å²) in [4.78, 5) is 20.9. The molecule has 0 aromatic heterocycles. The molecule has 0 aliphatic carbocycles. The molecule has 2 rings (SSSR count). The molecule has 2 aromatic rings. The molecular weight excluding hydrogens is 338 g/mol. The molecule has 0 radical (unpaired) electrons. The maximum absolute atomic E-state index is 12.1. The third-order valence-corrected chi connectivity index (χ3v) is 4.08. The van der Waals surface area contributed by atoms with Gasteiger partial charge in [-0.1, -0.05) is 30.3 Å². The molecule has 5 nitrogen and oxygen atoms in total. The van der Waals surface area contributed by atoms with Crippen LogP contribution < -0.4 is 5.32 Å². The molecule has 0 saturated carbocycles. The van der Waals surface area contributed by atoms with E-state index in [2.05, 4.69) is 15.3 Å². The normalized spacial score (nSPS) is 11.7. The first-order chi connectivity index (χ1) is 13.1. The number of phenols is 1. The summed E-state index contributed by atoms with van der Waals surface area (Å²) in [5, 5.41) is 12.6. The van der Waals surface area contributed by atoms with Crippen molar-refractivity contribution in [3.63, 3.8) is 0 Å². The third kappa shape index (κ3) is 7.44. The van der Waals surface area contributed by atoms with Crippen LogP contribution in [0.1, 0.15) is 37.3 Å². The number of hydrogen-bond donors (Lipinski definition) is 2. The Morgan fingerprint density at radius 3 is 2.56 bits per heavy atom. The average molecular weight is 365 g/mol. The highest BCUT2D eigenvalue weighted by Crippen LogP contribution is 2.14. The Morgan fingerprint density at radius 2 is 1.78 bits per heavy atom. The van der Waals surface area contributed by atoms with Crippen LogP contribution in [-0.4, -0.2) is 36.0 Å². The van der Waals surface area contributed by atoms with Crippen LogP contribution in [0.2, 0.25) is 0 Å². The Hall–Kier alpha value is -2.95. The maximum Gasteiger partial charge on any atom is 0.230 e. The van der Waals surface area contributed by atoms with E-state index in [4.69, 9.17) is 0 Å². The van der Waals surface area contributed by atoms with E-state index in [0.29, 0.717) is 19.5 Å². The lowest BCUT2D eigenvalue weighted by atomic mass is 10.2. The predicted molar refractivity (Wildman–Crippen MR) is 112 cm³/mol. The number of rotatable bonds is 9. The third-order valence-electron chi connectivity index (χ3n) is 4.08. The molecule has 0 spiro atoms. The number of para-hydroxylation sites is 2. The van der Waals surface area contributed by atoms with Gasteiger partial charge in [0.2, 0.25) is 5.91 Å². The molecule has 0 atom stereocenters. The summed E-state index contributed by atoms with van der Waals surface area (Å²) in [6, 6.07) is 14.9. The highest BCUT2D eigenvalue weighted by molar-refractivity contribution is 6.05. The Morgan fingerprint density at radius 1 is 1.07 bits per heavy atom. The second-order valence-electron chi connectivity index (χ2n) is 6.46. The maximum atomic E-state index is 12.1. The Labute approximate surface area is 160 Å². The summed E-state index contributed by atoms with van der Waals surface area (Å²) in [6.07, 6.45) is 3.82. The van der Waals surface area contributed by atoms with Gasteiger partial charge in [0.05, 0.1) is 6.42 Å². The first-order valence-corrected chi connectivity index (χ1v) is 9.19. The predicted octanol–water partition coefficient (Wildman–Crippen LogP) is 4.39. The summed E-state index contributed by atoms with van der Waals surface area (Å²) in [5.41, 5.74) is 3.45. The summed E-state index contributed by atoms with van der Waals surface area (Å²) in [7, 11) is 0. The first kappa shape index (κ1) is 20.4. The Kier molecular flexibility index (Phi) is 8.23. The lowest BCUT2D eigenvalue weighted by Crippen LogP contribution is -2.15. The number of hydrogen-bond acceptors (Lipinski definition) is 4. The molecule has 5 heteroatoms. The van der Waals surface area contributed by atoms with Crippen molar-refractivity contribution >= 4 is 23.5 Å². The van der Waals surface area contributed by atoms with Gasteiger partial charge in [-0.3, -0.25) is 14.8 Å². The Bertz CT molecular complexity index is 813. The average Bonchev–Trinajstić information content (AvgIpc) is 2.64. The number of nitrogens with zero attached hydrogens (tertiary/aromatic N) is 2. The number of carbonyl (C=O) groups excluding carboxylic acids is 1. The van der Waals surface area contributed by atoms with Crippen molar-refractivity contribution in [3.8, 4) is 5.75 Å². The minimum Gasteiger partial charge on any atom is -0.507 e. The lowest BCUT2D eigenvalue weighted by molar-refractivity contribution is -0.115. The topological polar surface area (TPSA) is 74.0 Å². The van der Waals surface area contributed by atoms with Gasteiger partial charge in [0.15, 0.2) is 0 Å². The van der Waals surface area contributed by atoms with Crippen molar-refractivity contribution in [2.75, 3.05) is 18.4 Å². The standard InChI is InChI=1S/C22H27N3O2/c1-17-9-3-5-11-20(17)25-22(27)15-18(2)24-14-8-7-13-23-16-19-10-4-6-12-21(19)26/h3-6,9-12,16,26H,7-8,13-15H2,1-2H3,(H,25,27). The van der Waals surface area contributed by atoms with Crippen molar-refractivity contribution in [2.45, 2.75) is 33.1 Å². The van der Waals surface area contributed by atoms with Crippen LogP contribution in [0.3, 0.4) is 0 Å². The van der Waals surface area contributed by atoms with E-state index in [1.54, 1.807) is 18.3 Å². The van der Waals surface area contributed by atoms with Crippen LogP contribution >= 0.6 is 0 Å². The zero-order chi connectivity index (χ0) is 19.5. The number of phenolic OH excluding ortho intramolecular Hbond substituents is 1. The highest BCUT2D eigenvalue weighted by Gasteiger charge is 2.05.